The van der Waals surface area contributed by atoms with Crippen LogP contribution in [0.1, 0.15) is 0 Å². The Morgan fingerprint density at radius 1 is 0.739 bits per heavy atom. The lowest BCUT2D eigenvalue weighted by molar-refractivity contribution is 0.572. The van der Waals surface area contributed by atoms with E-state index in [1.807, 2.05) is 48.7 Å². The van der Waals surface area contributed by atoms with Crippen molar-refractivity contribution in [1.82, 2.24) is 15.0 Å². The number of hydrogen-bond acceptors (Lipinski definition) is 4. The fourth-order valence-electron chi connectivity index (χ4n) is 2.40. The molecule has 0 atom stereocenters. The molecule has 0 aliphatic rings. The molecule has 4 rings (SSSR count). The lowest BCUT2D eigenvalue weighted by Crippen LogP contribution is -1.84. The van der Waals surface area contributed by atoms with Gasteiger partial charge in [-0.05, 0) is 29.8 Å². The van der Waals surface area contributed by atoms with E-state index in [2.05, 4.69) is 27.1 Å². The summed E-state index contributed by atoms with van der Waals surface area (Å²) in [7, 11) is 0. The summed E-state index contributed by atoms with van der Waals surface area (Å²) in [5.74, 6) is 0.521. The summed E-state index contributed by atoms with van der Waals surface area (Å²) in [4.78, 5) is 13.0. The number of hydrogen-bond donors (Lipinski definition) is 0. The van der Waals surface area contributed by atoms with Crippen LogP contribution in [0.25, 0.3) is 34.0 Å². The van der Waals surface area contributed by atoms with E-state index in [9.17, 15) is 0 Å². The molecule has 3 heterocycles. The second kappa shape index (κ2) is 5.85. The Kier molecular flexibility index (Phi) is 3.41. The highest BCUT2D eigenvalue weighted by Crippen LogP contribution is 2.27. The third-order valence-corrected chi connectivity index (χ3v) is 3.54. The molecule has 0 saturated heterocycles. The summed E-state index contributed by atoms with van der Waals surface area (Å²) in [6.07, 6.45) is 7.00. The van der Waals surface area contributed by atoms with Crippen LogP contribution in [0.2, 0.25) is 0 Å². The molecule has 0 amide bonds. The molecule has 0 aliphatic carbocycles. The van der Waals surface area contributed by atoms with E-state index in [1.54, 1.807) is 18.7 Å². The molecule has 0 unspecified atom stereocenters. The molecule has 4 nitrogen and oxygen atoms in total. The molecule has 0 bridgehead atoms. The van der Waals surface area contributed by atoms with Gasteiger partial charge in [-0.2, -0.15) is 0 Å². The van der Waals surface area contributed by atoms with Crippen LogP contribution in [0.4, 0.5) is 0 Å². The Hall–Kier alpha value is -3.27. The molecule has 0 aliphatic heterocycles. The van der Waals surface area contributed by atoms with E-state index in [0.717, 1.165) is 28.1 Å². The molecule has 0 spiro atoms. The van der Waals surface area contributed by atoms with Crippen LogP contribution in [0, 0.1) is 0 Å². The van der Waals surface area contributed by atoms with Crippen molar-refractivity contribution in [2.24, 2.45) is 0 Å². The Labute approximate surface area is 133 Å². The number of oxazole rings is 1. The fraction of sp³-hybridized carbons (Fsp3) is 0. The van der Waals surface area contributed by atoms with E-state index < -0.39 is 0 Å². The molecule has 4 aromatic rings. The van der Waals surface area contributed by atoms with Gasteiger partial charge < -0.3 is 4.42 Å². The second-order valence-corrected chi connectivity index (χ2v) is 5.08. The van der Waals surface area contributed by atoms with Crippen molar-refractivity contribution in [3.63, 3.8) is 0 Å². The van der Waals surface area contributed by atoms with Gasteiger partial charge in [-0.25, -0.2) is 4.98 Å². The summed E-state index contributed by atoms with van der Waals surface area (Å²) >= 11 is 0. The third kappa shape index (κ3) is 2.74. The van der Waals surface area contributed by atoms with Crippen LogP contribution in [0.15, 0.2) is 83.9 Å². The summed E-state index contributed by atoms with van der Waals surface area (Å²) in [6.45, 7) is 0. The zero-order valence-electron chi connectivity index (χ0n) is 12.3. The first kappa shape index (κ1) is 13.4. The topological polar surface area (TPSA) is 51.8 Å². The summed E-state index contributed by atoms with van der Waals surface area (Å²) in [5.41, 5.74) is 4.68. The van der Waals surface area contributed by atoms with Crippen molar-refractivity contribution < 1.29 is 4.42 Å². The van der Waals surface area contributed by atoms with Gasteiger partial charge in [0.2, 0.25) is 5.89 Å². The first-order valence-electron chi connectivity index (χ1n) is 7.28. The van der Waals surface area contributed by atoms with Gasteiger partial charge in [0.15, 0.2) is 0 Å². The van der Waals surface area contributed by atoms with E-state index in [1.165, 1.54) is 0 Å². The summed E-state index contributed by atoms with van der Waals surface area (Å²) < 4.78 is 5.56. The van der Waals surface area contributed by atoms with Gasteiger partial charge in [-0.1, -0.05) is 30.3 Å². The molecule has 23 heavy (non-hydrogen) atoms. The number of rotatable bonds is 3. The number of aromatic nitrogens is 3. The summed E-state index contributed by atoms with van der Waals surface area (Å²) in [6, 6.07) is 17.8. The highest BCUT2D eigenvalue weighted by Gasteiger charge is 2.10. The smallest absolute Gasteiger partial charge is 0.245 e. The largest absolute Gasteiger partial charge is 0.443 e. The van der Waals surface area contributed by atoms with Crippen molar-refractivity contribution in [1.29, 1.82) is 0 Å². The monoisotopic (exact) mass is 299 g/mol. The highest BCUT2D eigenvalue weighted by molar-refractivity contribution is 5.71. The van der Waals surface area contributed by atoms with Gasteiger partial charge >= 0.3 is 0 Å². The third-order valence-electron chi connectivity index (χ3n) is 3.54. The standard InChI is InChI=1S/C19H13N3O/c1-2-10-21-17(8-1)19-22-18(13-23-19)15-6-3-5-14(11-15)16-7-4-9-20-12-16/h1-13H. The molecular weight excluding hydrogens is 286 g/mol. The number of pyridine rings is 2. The summed E-state index contributed by atoms with van der Waals surface area (Å²) in [5, 5.41) is 0. The second-order valence-electron chi connectivity index (χ2n) is 5.08. The van der Waals surface area contributed by atoms with Crippen molar-refractivity contribution >= 4 is 0 Å². The van der Waals surface area contributed by atoms with Gasteiger partial charge in [-0.15, -0.1) is 0 Å². The molecule has 0 N–H and O–H groups in total. The van der Waals surface area contributed by atoms with Gasteiger partial charge in [0, 0.05) is 29.7 Å². The van der Waals surface area contributed by atoms with E-state index >= 15 is 0 Å². The predicted molar refractivity (Wildman–Crippen MR) is 88.4 cm³/mol. The number of nitrogens with zero attached hydrogens (tertiary/aromatic N) is 3. The van der Waals surface area contributed by atoms with E-state index in [4.69, 9.17) is 4.42 Å². The van der Waals surface area contributed by atoms with Gasteiger partial charge in [0.25, 0.3) is 0 Å². The van der Waals surface area contributed by atoms with Crippen molar-refractivity contribution in [2.75, 3.05) is 0 Å². The lowest BCUT2D eigenvalue weighted by Gasteiger charge is -2.02. The SMILES string of the molecule is c1ccc(-c2nc(-c3cccc(-c4cccnc4)c3)co2)nc1. The Morgan fingerprint density at radius 2 is 1.65 bits per heavy atom. The van der Waals surface area contributed by atoms with Crippen LogP contribution in [-0.2, 0) is 0 Å². The molecule has 110 valence electrons. The molecule has 0 radical (unpaired) electrons. The quantitative estimate of drug-likeness (QED) is 0.560. The molecule has 4 heteroatoms. The molecular formula is C19H13N3O. The molecule has 0 saturated carbocycles. The zero-order chi connectivity index (χ0) is 15.5. The van der Waals surface area contributed by atoms with Crippen LogP contribution in [-0.4, -0.2) is 15.0 Å². The predicted octanol–water partition coefficient (Wildman–Crippen LogP) is 4.47. The lowest BCUT2D eigenvalue weighted by atomic mass is 10.0. The fourth-order valence-corrected chi connectivity index (χ4v) is 2.40. The average molecular weight is 299 g/mol. The van der Waals surface area contributed by atoms with Crippen LogP contribution < -0.4 is 0 Å². The average Bonchev–Trinajstić information content (AvgIpc) is 3.14. The van der Waals surface area contributed by atoms with Crippen molar-refractivity contribution in [3.05, 3.63) is 79.5 Å². The number of benzene rings is 1. The maximum Gasteiger partial charge on any atom is 0.245 e. The van der Waals surface area contributed by atoms with E-state index in [-0.39, 0.29) is 0 Å². The molecule has 0 fully saturated rings. The Bertz CT molecular complexity index is 918. The maximum atomic E-state index is 5.56. The van der Waals surface area contributed by atoms with Crippen molar-refractivity contribution in [2.45, 2.75) is 0 Å². The minimum atomic E-state index is 0.521. The Balaban J connectivity index is 1.71. The van der Waals surface area contributed by atoms with Crippen LogP contribution in [0.3, 0.4) is 0 Å². The first-order valence-corrected chi connectivity index (χ1v) is 7.28. The van der Waals surface area contributed by atoms with Gasteiger partial charge in [0.05, 0.1) is 0 Å². The van der Waals surface area contributed by atoms with Crippen LogP contribution >= 0.6 is 0 Å². The normalized spacial score (nSPS) is 10.6. The van der Waals surface area contributed by atoms with Crippen molar-refractivity contribution in [3.8, 4) is 34.0 Å². The first-order chi connectivity index (χ1) is 11.4. The minimum Gasteiger partial charge on any atom is -0.443 e. The van der Waals surface area contributed by atoms with Crippen LogP contribution in [0.5, 0.6) is 0 Å². The zero-order valence-corrected chi connectivity index (χ0v) is 12.3. The highest BCUT2D eigenvalue weighted by atomic mass is 16.3. The van der Waals surface area contributed by atoms with Gasteiger partial charge in [0.1, 0.15) is 17.7 Å². The van der Waals surface area contributed by atoms with Gasteiger partial charge in [-0.3, -0.25) is 9.97 Å². The minimum absolute atomic E-state index is 0.521. The maximum absolute atomic E-state index is 5.56. The Morgan fingerprint density at radius 3 is 2.48 bits per heavy atom. The van der Waals surface area contributed by atoms with E-state index in [0.29, 0.717) is 5.89 Å². The molecule has 1 aromatic carbocycles. The molecule has 3 aromatic heterocycles.